The molecule has 4 nitrogen and oxygen atoms in total. The lowest BCUT2D eigenvalue weighted by molar-refractivity contribution is -0.191. The zero-order valence-electron chi connectivity index (χ0n) is 2.92. The summed E-state index contributed by atoms with van der Waals surface area (Å²) in [6, 6.07) is 0. The smallest absolute Gasteiger partial charge is 0.371 e. The monoisotopic (exact) mass is 92.0 g/mol. The first kappa shape index (κ1) is 9.00. The number of carbonyl (C=O) groups excluding carboxylic acids is 2. The Hall–Kier alpha value is -0.700. The molecule has 0 aliphatic heterocycles. The first-order valence-electron chi connectivity index (χ1n) is 1.04. The Kier molecular flexibility index (Phi) is 41.6. The van der Waals surface area contributed by atoms with Gasteiger partial charge in [0, 0.05) is 0 Å². The fraction of sp³-hybridized carbons (Fsp3) is 0.500. The first-order chi connectivity index (χ1) is 2.83. The fourth-order valence-corrected chi connectivity index (χ4v) is 0. The van der Waals surface area contributed by atoms with Crippen molar-refractivity contribution in [1.29, 1.82) is 0 Å². The summed E-state index contributed by atoms with van der Waals surface area (Å²) >= 11 is 0. The number of hydrogen-bond acceptors (Lipinski definition) is 4. The molecule has 0 aromatic rings. The molecule has 0 aliphatic rings. The zero-order valence-corrected chi connectivity index (χ0v) is 2.92. The van der Waals surface area contributed by atoms with Crippen LogP contribution in [-0.2, 0) is 9.59 Å². The van der Waals surface area contributed by atoms with Crippen LogP contribution in [-0.4, -0.2) is 23.2 Å². The van der Waals surface area contributed by atoms with Gasteiger partial charge in [0.1, 0.15) is 6.79 Å². The van der Waals surface area contributed by atoms with E-state index in [2.05, 4.69) is 0 Å². The van der Waals surface area contributed by atoms with Gasteiger partial charge in [-0.05, 0) is 0 Å². The second-order valence-corrected chi connectivity index (χ2v) is 0.225. The van der Waals surface area contributed by atoms with Crippen molar-refractivity contribution in [3.05, 3.63) is 0 Å². The van der Waals surface area contributed by atoms with Crippen molar-refractivity contribution in [3.63, 3.8) is 0 Å². The van der Waals surface area contributed by atoms with Crippen LogP contribution in [0, 0.1) is 0 Å². The van der Waals surface area contributed by atoms with Crippen LogP contribution in [0.1, 0.15) is 0 Å². The Bertz CT molecular complexity index is 34.8. The minimum atomic E-state index is -0.750. The van der Waals surface area contributed by atoms with Gasteiger partial charge in [-0.15, -0.1) is 0 Å². The van der Waals surface area contributed by atoms with E-state index in [0.717, 1.165) is 0 Å². The van der Waals surface area contributed by atoms with Gasteiger partial charge in [-0.1, -0.05) is 0 Å². The Morgan fingerprint density at radius 2 is 1.33 bits per heavy atom. The van der Waals surface area contributed by atoms with Crippen LogP contribution in [0.15, 0.2) is 0 Å². The summed E-state index contributed by atoms with van der Waals surface area (Å²) < 4.78 is 0. The van der Waals surface area contributed by atoms with E-state index in [1.54, 1.807) is 0 Å². The molecule has 0 aliphatic carbocycles. The first-order valence-corrected chi connectivity index (χ1v) is 1.04. The molecule has 0 rings (SSSR count). The highest BCUT2D eigenvalue weighted by molar-refractivity contribution is 5.20. The topological polar surface area (TPSA) is 74.6 Å². The largest absolute Gasteiger partial charge is 0.373 e. The maximum Gasteiger partial charge on any atom is 0.373 e. The van der Waals surface area contributed by atoms with Crippen LogP contribution in [0.5, 0.6) is 0 Å². The van der Waals surface area contributed by atoms with E-state index in [4.69, 9.17) is 19.8 Å². The molecule has 0 bridgehead atoms. The maximum absolute atomic E-state index is 8.12. The Morgan fingerprint density at radius 1 is 1.33 bits per heavy atom. The molecular weight excluding hydrogens is 88.0 g/mol. The minimum absolute atomic E-state index is 0.250. The highest BCUT2D eigenvalue weighted by Crippen LogP contribution is 1.17. The molecule has 36 valence electrons. The van der Waals surface area contributed by atoms with Gasteiger partial charge in [0.25, 0.3) is 0 Å². The minimum Gasteiger partial charge on any atom is -0.371 e. The third kappa shape index (κ3) is 35.6. The molecule has 0 amide bonds. The Labute approximate surface area is 34.0 Å². The van der Waals surface area contributed by atoms with E-state index in [0.29, 0.717) is 0 Å². The lowest BCUT2D eigenvalue weighted by Gasteiger charge is -1.55. The van der Waals surface area contributed by atoms with Gasteiger partial charge in [-0.2, -0.15) is 9.59 Å². The van der Waals surface area contributed by atoms with Crippen LogP contribution in [0.2, 0.25) is 0 Å². The predicted octanol–water partition coefficient (Wildman–Crippen LogP) is -1.66. The Balaban J connectivity index is 0. The molecule has 4 heteroatoms. The highest BCUT2D eigenvalue weighted by Gasteiger charge is 1.32. The molecule has 6 heavy (non-hydrogen) atoms. The lowest BCUT2D eigenvalue weighted by Crippen LogP contribution is -1.66. The molecule has 0 radical (unpaired) electrons. The molecule has 0 aromatic carbocycles. The number of aliphatic hydroxyl groups excluding tert-OH is 1. The molecule has 0 saturated heterocycles. The fourth-order valence-electron chi connectivity index (χ4n) is 0. The van der Waals surface area contributed by atoms with E-state index in [1.165, 1.54) is 0 Å². The molecule has 0 unspecified atom stereocenters. The van der Waals surface area contributed by atoms with Crippen molar-refractivity contribution >= 4 is 6.15 Å². The summed E-state index contributed by atoms with van der Waals surface area (Å²) in [5.74, 6) is 0. The predicted molar refractivity (Wildman–Crippen MR) is 14.3 cm³/mol. The van der Waals surface area contributed by atoms with E-state index in [9.17, 15) is 0 Å². The summed E-state index contributed by atoms with van der Waals surface area (Å²) in [5, 5.41) is 14.2. The quantitative estimate of drug-likeness (QED) is 0.351. The third-order valence-electron chi connectivity index (χ3n) is 0. The molecule has 0 spiro atoms. The second kappa shape index (κ2) is 27.7. The lowest BCUT2D eigenvalue weighted by atomic mass is 11.6. The molecule has 0 aromatic heterocycles. The SMILES string of the molecule is O=C=O.OCO. The van der Waals surface area contributed by atoms with Crippen LogP contribution in [0.25, 0.3) is 0 Å². The standard InChI is InChI=1S/CH4O2.CO2/c2*2-1-3/h2-3H,1H2;. The van der Waals surface area contributed by atoms with Gasteiger partial charge in [-0.3, -0.25) is 0 Å². The summed E-state index contributed by atoms with van der Waals surface area (Å²) in [5.41, 5.74) is 0. The van der Waals surface area contributed by atoms with Gasteiger partial charge in [-0.25, -0.2) is 0 Å². The van der Waals surface area contributed by atoms with Crippen molar-refractivity contribution in [2.45, 2.75) is 0 Å². The van der Waals surface area contributed by atoms with Gasteiger partial charge in [0.05, 0.1) is 0 Å². The normalized spacial score (nSPS) is 4.33. The molecule has 0 saturated carbocycles. The van der Waals surface area contributed by atoms with Crippen molar-refractivity contribution in [1.82, 2.24) is 0 Å². The maximum atomic E-state index is 8.12. The summed E-state index contributed by atoms with van der Waals surface area (Å²) in [6.07, 6.45) is 0.250. The van der Waals surface area contributed by atoms with E-state index in [-0.39, 0.29) is 6.15 Å². The van der Waals surface area contributed by atoms with Crippen molar-refractivity contribution in [2.24, 2.45) is 0 Å². The molecule has 0 heterocycles. The van der Waals surface area contributed by atoms with Gasteiger partial charge in [0.15, 0.2) is 0 Å². The van der Waals surface area contributed by atoms with Crippen molar-refractivity contribution in [3.8, 4) is 0 Å². The van der Waals surface area contributed by atoms with Crippen LogP contribution in [0.3, 0.4) is 0 Å². The van der Waals surface area contributed by atoms with Gasteiger partial charge >= 0.3 is 6.15 Å². The highest BCUT2D eigenvalue weighted by atomic mass is 16.5. The average molecular weight is 92.0 g/mol. The summed E-state index contributed by atoms with van der Waals surface area (Å²) in [7, 11) is 0. The van der Waals surface area contributed by atoms with E-state index in [1.807, 2.05) is 0 Å². The van der Waals surface area contributed by atoms with Gasteiger partial charge < -0.3 is 10.2 Å². The van der Waals surface area contributed by atoms with E-state index >= 15 is 0 Å². The number of hydrogen-bond donors (Lipinski definition) is 2. The Morgan fingerprint density at radius 3 is 1.33 bits per heavy atom. The van der Waals surface area contributed by atoms with Gasteiger partial charge in [0.2, 0.25) is 0 Å². The zero-order chi connectivity index (χ0) is 5.41. The second-order valence-electron chi connectivity index (χ2n) is 0.225. The molecule has 0 fully saturated rings. The van der Waals surface area contributed by atoms with Crippen LogP contribution >= 0.6 is 0 Å². The van der Waals surface area contributed by atoms with Crippen molar-refractivity contribution in [2.75, 3.05) is 6.79 Å². The van der Waals surface area contributed by atoms with Crippen molar-refractivity contribution < 1.29 is 19.8 Å². The number of aliphatic hydroxyl groups is 2. The third-order valence-corrected chi connectivity index (χ3v) is 0. The summed E-state index contributed by atoms with van der Waals surface area (Å²) in [4.78, 5) is 16.2. The molecule has 2 N–H and O–H groups in total. The molecular formula is C2H4O4. The average Bonchev–Trinajstić information content (AvgIpc) is 1.39. The van der Waals surface area contributed by atoms with E-state index < -0.39 is 6.79 Å². The number of rotatable bonds is 0. The molecule has 0 atom stereocenters. The van der Waals surface area contributed by atoms with Crippen LogP contribution < -0.4 is 0 Å². The van der Waals surface area contributed by atoms with Crippen LogP contribution in [0.4, 0.5) is 0 Å². The summed E-state index contributed by atoms with van der Waals surface area (Å²) in [6.45, 7) is -0.750.